The molecule has 0 saturated carbocycles. The molecule has 3 nitrogen and oxygen atoms in total. The summed E-state index contributed by atoms with van der Waals surface area (Å²) in [4.78, 5) is 12.0. The highest BCUT2D eigenvalue weighted by Gasteiger charge is 2.18. The fourth-order valence-electron chi connectivity index (χ4n) is 2.96. The SMILES string of the molecule is c1ccc(-c2csc(/N=C3\Nc4ccccc4Sc4ccccc43)n2)cc1. The predicted octanol–water partition coefficient (Wildman–Crippen LogP) is 6.47. The largest absolute Gasteiger partial charge is 0.339 e. The van der Waals surface area contributed by atoms with Gasteiger partial charge in [-0.3, -0.25) is 0 Å². The highest BCUT2D eigenvalue weighted by Crippen LogP contribution is 2.39. The van der Waals surface area contributed by atoms with Crippen LogP contribution in [-0.4, -0.2) is 10.8 Å². The van der Waals surface area contributed by atoms with Crippen LogP contribution in [-0.2, 0) is 0 Å². The van der Waals surface area contributed by atoms with Crippen molar-refractivity contribution >= 4 is 39.8 Å². The molecule has 0 fully saturated rings. The fourth-order valence-corrected chi connectivity index (χ4v) is 4.70. The van der Waals surface area contributed by atoms with Crippen LogP contribution in [0, 0.1) is 0 Å². The van der Waals surface area contributed by atoms with Crippen molar-refractivity contribution < 1.29 is 0 Å². The summed E-state index contributed by atoms with van der Waals surface area (Å²) in [5.74, 6) is 0.831. The zero-order valence-electron chi connectivity index (χ0n) is 14.3. The lowest BCUT2D eigenvalue weighted by atomic mass is 10.2. The van der Waals surface area contributed by atoms with Crippen molar-refractivity contribution in [2.45, 2.75) is 9.79 Å². The van der Waals surface area contributed by atoms with Crippen molar-refractivity contribution in [2.75, 3.05) is 5.32 Å². The van der Waals surface area contributed by atoms with Gasteiger partial charge >= 0.3 is 0 Å². The molecule has 1 aliphatic rings. The van der Waals surface area contributed by atoms with Crippen LogP contribution in [0.1, 0.15) is 5.56 Å². The summed E-state index contributed by atoms with van der Waals surface area (Å²) < 4.78 is 0. The number of aliphatic imine (C=N–C) groups is 1. The van der Waals surface area contributed by atoms with Crippen LogP contribution in [0.4, 0.5) is 10.8 Å². The van der Waals surface area contributed by atoms with Crippen LogP contribution in [0.15, 0.2) is 99.0 Å². The van der Waals surface area contributed by atoms with E-state index >= 15 is 0 Å². The van der Waals surface area contributed by atoms with E-state index in [1.807, 2.05) is 30.3 Å². The molecule has 0 unspecified atom stereocenters. The van der Waals surface area contributed by atoms with Crippen LogP contribution in [0.5, 0.6) is 0 Å². The summed E-state index contributed by atoms with van der Waals surface area (Å²) >= 11 is 3.31. The normalized spacial score (nSPS) is 14.1. The number of anilines is 1. The number of aromatic nitrogens is 1. The molecule has 0 radical (unpaired) electrons. The Morgan fingerprint density at radius 1 is 0.778 bits per heavy atom. The van der Waals surface area contributed by atoms with Gasteiger partial charge in [0.05, 0.1) is 11.4 Å². The molecule has 3 aromatic carbocycles. The Balaban J connectivity index is 1.59. The number of fused-ring (bicyclic) bond motifs is 2. The van der Waals surface area contributed by atoms with Gasteiger partial charge in [-0.25, -0.2) is 9.98 Å². The first kappa shape index (κ1) is 16.3. The summed E-state index contributed by atoms with van der Waals surface area (Å²) in [6, 6.07) is 26.9. The Morgan fingerprint density at radius 3 is 2.41 bits per heavy atom. The van der Waals surface area contributed by atoms with E-state index in [-0.39, 0.29) is 0 Å². The molecule has 27 heavy (non-hydrogen) atoms. The smallest absolute Gasteiger partial charge is 0.211 e. The maximum Gasteiger partial charge on any atom is 0.211 e. The summed E-state index contributed by atoms with van der Waals surface area (Å²) in [6.45, 7) is 0. The van der Waals surface area contributed by atoms with Gasteiger partial charge in [-0.15, -0.1) is 11.3 Å². The van der Waals surface area contributed by atoms with Gasteiger partial charge in [0.25, 0.3) is 0 Å². The van der Waals surface area contributed by atoms with Crippen molar-refractivity contribution in [3.63, 3.8) is 0 Å². The predicted molar refractivity (Wildman–Crippen MR) is 114 cm³/mol. The highest BCUT2D eigenvalue weighted by molar-refractivity contribution is 7.99. The van der Waals surface area contributed by atoms with E-state index in [1.165, 1.54) is 9.79 Å². The highest BCUT2D eigenvalue weighted by atomic mass is 32.2. The molecule has 0 saturated heterocycles. The van der Waals surface area contributed by atoms with Gasteiger partial charge in [0.15, 0.2) is 0 Å². The first-order valence-electron chi connectivity index (χ1n) is 8.60. The van der Waals surface area contributed by atoms with E-state index in [9.17, 15) is 0 Å². The van der Waals surface area contributed by atoms with Crippen molar-refractivity contribution in [1.29, 1.82) is 0 Å². The zero-order valence-corrected chi connectivity index (χ0v) is 15.9. The molecular weight excluding hydrogens is 370 g/mol. The van der Waals surface area contributed by atoms with Gasteiger partial charge < -0.3 is 5.32 Å². The third-order valence-corrected chi connectivity index (χ3v) is 6.16. The van der Waals surface area contributed by atoms with E-state index in [0.717, 1.165) is 33.5 Å². The van der Waals surface area contributed by atoms with Crippen LogP contribution >= 0.6 is 23.1 Å². The number of hydrogen-bond donors (Lipinski definition) is 1. The number of rotatable bonds is 2. The maximum atomic E-state index is 4.86. The standard InChI is InChI=1S/C22H15N3S2/c1-2-8-15(9-3-1)18-14-26-22(24-18)25-21-16-10-4-6-12-19(16)27-20-13-7-5-11-17(20)23-21/h1-14H,(H,23,24,25). The van der Waals surface area contributed by atoms with Gasteiger partial charge in [0, 0.05) is 26.3 Å². The van der Waals surface area contributed by atoms with E-state index in [2.05, 4.69) is 59.2 Å². The number of hydrogen-bond acceptors (Lipinski definition) is 4. The minimum atomic E-state index is 0.746. The number of nitrogens with one attached hydrogen (secondary N) is 1. The van der Waals surface area contributed by atoms with Gasteiger partial charge in [0.2, 0.25) is 5.13 Å². The topological polar surface area (TPSA) is 37.3 Å². The monoisotopic (exact) mass is 385 g/mol. The summed E-state index contributed by atoms with van der Waals surface area (Å²) in [7, 11) is 0. The molecular formula is C22H15N3S2. The van der Waals surface area contributed by atoms with Gasteiger partial charge in [-0.05, 0) is 18.2 Å². The number of benzene rings is 3. The molecule has 0 bridgehead atoms. The third kappa shape index (κ3) is 3.27. The van der Waals surface area contributed by atoms with Gasteiger partial charge in [0.1, 0.15) is 5.84 Å². The number of amidine groups is 1. The van der Waals surface area contributed by atoms with Crippen LogP contribution in [0.2, 0.25) is 0 Å². The van der Waals surface area contributed by atoms with Crippen LogP contribution < -0.4 is 5.32 Å². The molecule has 0 amide bonds. The van der Waals surface area contributed by atoms with Crippen LogP contribution in [0.3, 0.4) is 0 Å². The second kappa shape index (κ2) is 7.02. The average Bonchev–Trinajstić information content (AvgIpc) is 3.12. The molecule has 1 aromatic heterocycles. The lowest BCUT2D eigenvalue weighted by Crippen LogP contribution is -2.13. The maximum absolute atomic E-state index is 4.86. The summed E-state index contributed by atoms with van der Waals surface area (Å²) in [5, 5.41) is 6.31. The molecule has 130 valence electrons. The minimum absolute atomic E-state index is 0.746. The van der Waals surface area contributed by atoms with Crippen molar-refractivity contribution in [3.05, 3.63) is 89.8 Å². The molecule has 2 heterocycles. The number of nitrogens with zero attached hydrogens (tertiary/aromatic N) is 2. The first-order chi connectivity index (χ1) is 13.4. The minimum Gasteiger partial charge on any atom is -0.339 e. The van der Waals surface area contributed by atoms with E-state index in [0.29, 0.717) is 0 Å². The van der Waals surface area contributed by atoms with Crippen molar-refractivity contribution in [3.8, 4) is 11.3 Å². The third-order valence-electron chi connectivity index (χ3n) is 4.27. The van der Waals surface area contributed by atoms with Gasteiger partial charge in [-0.2, -0.15) is 0 Å². The summed E-state index contributed by atoms with van der Waals surface area (Å²) in [5.41, 5.74) is 4.22. The van der Waals surface area contributed by atoms with Crippen molar-refractivity contribution in [2.24, 2.45) is 4.99 Å². The Morgan fingerprint density at radius 2 is 1.52 bits per heavy atom. The molecule has 0 aliphatic carbocycles. The molecule has 0 spiro atoms. The Bertz CT molecular complexity index is 1130. The van der Waals surface area contributed by atoms with E-state index < -0.39 is 0 Å². The molecule has 5 rings (SSSR count). The van der Waals surface area contributed by atoms with E-state index in [4.69, 9.17) is 9.98 Å². The molecule has 1 aliphatic heterocycles. The van der Waals surface area contributed by atoms with E-state index in [1.54, 1.807) is 23.1 Å². The Kier molecular flexibility index (Phi) is 4.24. The van der Waals surface area contributed by atoms with Crippen LogP contribution in [0.25, 0.3) is 11.3 Å². The molecule has 0 atom stereocenters. The lowest BCUT2D eigenvalue weighted by Gasteiger charge is -2.08. The quantitative estimate of drug-likeness (QED) is 0.430. The van der Waals surface area contributed by atoms with Gasteiger partial charge in [-0.1, -0.05) is 72.4 Å². The summed E-state index contributed by atoms with van der Waals surface area (Å²) in [6.07, 6.45) is 0. The number of thiazole rings is 1. The molecule has 4 aromatic rings. The van der Waals surface area contributed by atoms with Crippen molar-refractivity contribution in [1.82, 2.24) is 4.98 Å². The Hall–Kier alpha value is -2.89. The average molecular weight is 386 g/mol. The fraction of sp³-hybridized carbons (Fsp3) is 0. The second-order valence-electron chi connectivity index (χ2n) is 6.06. The zero-order chi connectivity index (χ0) is 18.1. The first-order valence-corrected chi connectivity index (χ1v) is 10.3. The lowest BCUT2D eigenvalue weighted by molar-refractivity contribution is 1.33. The second-order valence-corrected chi connectivity index (χ2v) is 7.98. The Labute approximate surface area is 165 Å². The molecule has 5 heteroatoms. The molecule has 1 N–H and O–H groups in total. The number of para-hydroxylation sites is 1.